The number of nitrogens with zero attached hydrogens (tertiary/aromatic N) is 3. The summed E-state index contributed by atoms with van der Waals surface area (Å²) in [4.78, 5) is 16.9. The van der Waals surface area contributed by atoms with Gasteiger partial charge in [-0.3, -0.25) is 0 Å². The molecule has 0 radical (unpaired) electrons. The van der Waals surface area contributed by atoms with Crippen molar-refractivity contribution < 1.29 is 0 Å². The van der Waals surface area contributed by atoms with Crippen LogP contribution in [0.1, 0.15) is 0 Å². The molecule has 0 aliphatic rings. The number of aromatic nitrogens is 3. The van der Waals surface area contributed by atoms with E-state index in [1.54, 1.807) is 0 Å². The number of benzene rings is 8. The molecule has 0 amide bonds. The normalized spacial score (nSPS) is 11.3. The topological polar surface area (TPSA) is 38.7 Å². The second kappa shape index (κ2) is 15.8. The molecule has 11 aromatic rings. The average Bonchev–Trinajstić information content (AvgIpc) is 3.76. The van der Waals surface area contributed by atoms with Crippen LogP contribution >= 0.6 is 11.3 Å². The molecule has 0 spiro atoms. The Balaban J connectivity index is 1.04. The quantitative estimate of drug-likeness (QED) is 0.154. The molecule has 0 atom stereocenters. The van der Waals surface area contributed by atoms with E-state index >= 15 is 0 Å². The van der Waals surface area contributed by atoms with Crippen LogP contribution in [0, 0.1) is 0 Å². The lowest BCUT2D eigenvalue weighted by molar-refractivity contribution is 1.18. The van der Waals surface area contributed by atoms with E-state index in [0.29, 0.717) is 5.82 Å². The third-order valence-corrected chi connectivity index (χ3v) is 12.6. The van der Waals surface area contributed by atoms with Gasteiger partial charge in [-0.05, 0) is 45.5 Å². The summed E-state index contributed by atoms with van der Waals surface area (Å²) >= 11 is 1.82. The molecule has 3 heterocycles. The zero-order valence-electron chi connectivity index (χ0n) is 33.1. The largest absolute Gasteiger partial charge is 0.246 e. The van der Waals surface area contributed by atoms with E-state index in [-0.39, 0.29) is 0 Å². The zero-order valence-corrected chi connectivity index (χ0v) is 33.9. The maximum Gasteiger partial charge on any atom is 0.160 e. The average molecular weight is 796 g/mol. The molecule has 0 aliphatic carbocycles. The van der Waals surface area contributed by atoms with Crippen LogP contribution in [-0.4, -0.2) is 15.0 Å². The first-order valence-electron chi connectivity index (χ1n) is 20.5. The van der Waals surface area contributed by atoms with Crippen molar-refractivity contribution in [1.29, 1.82) is 0 Å². The Morgan fingerprint density at radius 2 is 0.721 bits per heavy atom. The Bertz CT molecular complexity index is 3190. The number of hydrogen-bond donors (Lipinski definition) is 0. The molecule has 3 aromatic heterocycles. The van der Waals surface area contributed by atoms with Crippen molar-refractivity contribution in [3.8, 4) is 89.0 Å². The van der Waals surface area contributed by atoms with Crippen molar-refractivity contribution in [3.05, 3.63) is 224 Å². The third-order valence-electron chi connectivity index (χ3n) is 11.3. The van der Waals surface area contributed by atoms with Gasteiger partial charge in [-0.2, -0.15) is 0 Å². The molecule has 0 fully saturated rings. The molecule has 4 heteroatoms. The van der Waals surface area contributed by atoms with E-state index in [9.17, 15) is 0 Å². The van der Waals surface area contributed by atoms with E-state index in [1.165, 1.54) is 42.8 Å². The summed E-state index contributed by atoms with van der Waals surface area (Å²) in [6.45, 7) is 0. The number of fused-ring (bicyclic) bond motifs is 3. The van der Waals surface area contributed by atoms with E-state index in [4.69, 9.17) is 15.0 Å². The van der Waals surface area contributed by atoms with Crippen LogP contribution < -0.4 is 0 Å². The molecule has 61 heavy (non-hydrogen) atoms. The molecule has 286 valence electrons. The summed E-state index contributed by atoms with van der Waals surface area (Å²) in [5, 5.41) is 2.39. The minimum absolute atomic E-state index is 0.687. The van der Waals surface area contributed by atoms with Gasteiger partial charge in [-0.15, -0.1) is 11.3 Å². The van der Waals surface area contributed by atoms with E-state index in [1.807, 2.05) is 23.5 Å². The minimum atomic E-state index is 0.687. The fourth-order valence-electron chi connectivity index (χ4n) is 8.25. The van der Waals surface area contributed by atoms with E-state index < -0.39 is 0 Å². The Morgan fingerprint density at radius 3 is 1.26 bits per heavy atom. The highest BCUT2D eigenvalue weighted by atomic mass is 32.1. The second-order valence-electron chi connectivity index (χ2n) is 15.1. The lowest BCUT2D eigenvalue weighted by Crippen LogP contribution is -1.96. The smallest absolute Gasteiger partial charge is 0.160 e. The van der Waals surface area contributed by atoms with Crippen molar-refractivity contribution >= 4 is 32.3 Å². The highest BCUT2D eigenvalue weighted by molar-refractivity contribution is 7.23. The molecular weight excluding hydrogens is 759 g/mol. The van der Waals surface area contributed by atoms with Gasteiger partial charge in [0.2, 0.25) is 0 Å². The fraction of sp³-hybridized carbons (Fsp3) is 0. The first-order valence-corrected chi connectivity index (χ1v) is 21.3. The maximum absolute atomic E-state index is 5.27. The molecule has 11 rings (SSSR count). The zero-order chi connectivity index (χ0) is 40.5. The van der Waals surface area contributed by atoms with Crippen LogP contribution in [0.25, 0.3) is 110 Å². The molecule has 3 nitrogen and oxygen atoms in total. The van der Waals surface area contributed by atoms with Crippen LogP contribution in [0.5, 0.6) is 0 Å². The van der Waals surface area contributed by atoms with Gasteiger partial charge >= 0.3 is 0 Å². The van der Waals surface area contributed by atoms with Crippen molar-refractivity contribution in [2.75, 3.05) is 0 Å². The first-order chi connectivity index (χ1) is 30.2. The van der Waals surface area contributed by atoms with E-state index in [2.05, 4.69) is 212 Å². The highest BCUT2D eigenvalue weighted by Gasteiger charge is 2.22. The molecule has 0 bridgehead atoms. The molecule has 0 unspecified atom stereocenters. The minimum Gasteiger partial charge on any atom is -0.246 e. The third kappa shape index (κ3) is 6.99. The van der Waals surface area contributed by atoms with Gasteiger partial charge in [-0.25, -0.2) is 15.0 Å². The number of pyridine rings is 1. The fourth-order valence-corrected chi connectivity index (χ4v) is 9.61. The van der Waals surface area contributed by atoms with Gasteiger partial charge < -0.3 is 0 Å². The summed E-state index contributed by atoms with van der Waals surface area (Å²) in [7, 11) is 0. The van der Waals surface area contributed by atoms with Crippen LogP contribution in [0.4, 0.5) is 0 Å². The molecular formula is C57H37N3S. The summed E-state index contributed by atoms with van der Waals surface area (Å²) in [5.41, 5.74) is 16.1. The van der Waals surface area contributed by atoms with Crippen molar-refractivity contribution in [3.63, 3.8) is 0 Å². The van der Waals surface area contributed by atoms with Gasteiger partial charge in [0.1, 0.15) is 0 Å². The van der Waals surface area contributed by atoms with Crippen LogP contribution in [-0.2, 0) is 0 Å². The predicted molar refractivity (Wildman–Crippen MR) is 256 cm³/mol. The van der Waals surface area contributed by atoms with Gasteiger partial charge in [0, 0.05) is 43.5 Å². The van der Waals surface area contributed by atoms with Crippen molar-refractivity contribution in [1.82, 2.24) is 15.0 Å². The summed E-state index contributed by atoms with van der Waals surface area (Å²) in [5.74, 6) is 0.687. The van der Waals surface area contributed by atoms with Crippen molar-refractivity contribution in [2.24, 2.45) is 0 Å². The Morgan fingerprint density at radius 1 is 0.311 bits per heavy atom. The monoisotopic (exact) mass is 795 g/mol. The maximum atomic E-state index is 5.27. The molecule has 0 N–H and O–H groups in total. The Kier molecular flexibility index (Phi) is 9.38. The number of para-hydroxylation sites is 1. The molecule has 0 aliphatic heterocycles. The van der Waals surface area contributed by atoms with Gasteiger partial charge in [0.25, 0.3) is 0 Å². The Hall–Kier alpha value is -7.79. The molecule has 8 aromatic carbocycles. The van der Waals surface area contributed by atoms with Gasteiger partial charge in [0.15, 0.2) is 5.82 Å². The summed E-state index contributed by atoms with van der Waals surface area (Å²) in [6.07, 6.45) is 0. The van der Waals surface area contributed by atoms with Crippen LogP contribution in [0.15, 0.2) is 224 Å². The van der Waals surface area contributed by atoms with Gasteiger partial charge in [0.05, 0.1) is 27.3 Å². The van der Waals surface area contributed by atoms with Crippen molar-refractivity contribution in [2.45, 2.75) is 0 Å². The van der Waals surface area contributed by atoms with Crippen LogP contribution in [0.3, 0.4) is 0 Å². The number of hydrogen-bond acceptors (Lipinski definition) is 4. The Labute approximate surface area is 359 Å². The standard InChI is InChI=1S/C57H37N3S/c1-5-15-38(16-6-1)40-25-29-42(30-26-40)50-37-51(60-57(59-50)47-35-27-41(28-36-47)39-17-7-2-8-18-39)43-31-33-46(34-32-43)55-52(44-19-9-3-10-20-44)53-48-23-13-14-24-49(48)58-54(56(53)61-55)45-21-11-4-12-22-45/h1-37H. The number of thiophene rings is 1. The van der Waals surface area contributed by atoms with E-state index in [0.717, 1.165) is 61.4 Å². The molecule has 0 saturated carbocycles. The van der Waals surface area contributed by atoms with Gasteiger partial charge in [-0.1, -0.05) is 212 Å². The lowest BCUT2D eigenvalue weighted by Gasteiger charge is -2.12. The summed E-state index contributed by atoms with van der Waals surface area (Å²) in [6, 6.07) is 79.1. The first kappa shape index (κ1) is 36.3. The molecule has 0 saturated heterocycles. The number of rotatable bonds is 8. The highest BCUT2D eigenvalue weighted by Crippen LogP contribution is 2.50. The summed E-state index contributed by atoms with van der Waals surface area (Å²) < 4.78 is 1.18. The second-order valence-corrected chi connectivity index (χ2v) is 16.2. The lowest BCUT2D eigenvalue weighted by atomic mass is 9.95. The SMILES string of the molecule is c1ccc(-c2ccc(-c3cc(-c4ccc(-c5sc6c(-c7ccccc7)nc7ccccc7c6c5-c5ccccc5)cc4)nc(-c4ccc(-c5ccccc5)cc4)n3)cc2)cc1. The van der Waals surface area contributed by atoms with Crippen LogP contribution in [0.2, 0.25) is 0 Å². The predicted octanol–water partition coefficient (Wildman–Crippen LogP) is 15.6.